The third kappa shape index (κ3) is 6.45. The highest BCUT2D eigenvalue weighted by Crippen LogP contribution is 2.17. The van der Waals surface area contributed by atoms with E-state index < -0.39 is 5.97 Å². The molecule has 0 rings (SSSR count). The second kappa shape index (κ2) is 7.28. The molecule has 0 bridgehead atoms. The predicted octanol–water partition coefficient (Wildman–Crippen LogP) is 2.79. The molecule has 0 aliphatic carbocycles. The molecule has 0 saturated carbocycles. The number of ether oxygens (including phenoxy) is 1. The smallest absolute Gasteiger partial charge is 0.336 e. The molecule has 1 radical (unpaired) electrons. The van der Waals surface area contributed by atoms with Crippen molar-refractivity contribution in [3.05, 3.63) is 18.8 Å². The van der Waals surface area contributed by atoms with Gasteiger partial charge in [-0.15, -0.1) is 0 Å². The van der Waals surface area contributed by atoms with Gasteiger partial charge in [0.05, 0.1) is 12.2 Å². The van der Waals surface area contributed by atoms with Crippen LogP contribution in [0.15, 0.2) is 11.8 Å². The molecule has 4 nitrogen and oxygen atoms in total. The van der Waals surface area contributed by atoms with Gasteiger partial charge in [-0.2, -0.15) is 4.89 Å². The topological polar surface area (TPSA) is 44.8 Å². The fraction of sp³-hybridized carbons (Fsp3) is 0.667. The van der Waals surface area contributed by atoms with Gasteiger partial charge in [0.15, 0.2) is 0 Å². The maximum atomic E-state index is 11.2. The molecule has 0 aromatic heterocycles. The Kier molecular flexibility index (Phi) is 6.81. The van der Waals surface area contributed by atoms with Gasteiger partial charge in [-0.05, 0) is 34.1 Å². The summed E-state index contributed by atoms with van der Waals surface area (Å²) in [7, 11) is 0. The standard InChI is InChI=1S/C12H21O4/c1-6-8-12(4,5)16-15-9-10(3)11(13)14-7-2/h9H,2,6-8H2,1,3-5H3. The quantitative estimate of drug-likeness (QED) is 0.221. The molecule has 0 aromatic carbocycles. The van der Waals surface area contributed by atoms with E-state index in [-0.39, 0.29) is 12.2 Å². The molecule has 0 N–H and O–H groups in total. The lowest BCUT2D eigenvalue weighted by atomic mass is 10.0. The van der Waals surface area contributed by atoms with Crippen molar-refractivity contribution in [2.24, 2.45) is 0 Å². The fourth-order valence-electron chi connectivity index (χ4n) is 1.12. The number of carbonyl (C=O) groups is 1. The van der Waals surface area contributed by atoms with Gasteiger partial charge >= 0.3 is 5.97 Å². The molecule has 16 heavy (non-hydrogen) atoms. The normalized spacial score (nSPS) is 12.4. The molecular weight excluding hydrogens is 208 g/mol. The van der Waals surface area contributed by atoms with Crippen molar-refractivity contribution >= 4 is 5.97 Å². The Labute approximate surface area is 97.5 Å². The van der Waals surface area contributed by atoms with Crippen LogP contribution in [0.4, 0.5) is 0 Å². The highest BCUT2D eigenvalue weighted by molar-refractivity contribution is 5.87. The first-order chi connectivity index (χ1) is 7.43. The van der Waals surface area contributed by atoms with Crippen molar-refractivity contribution in [2.45, 2.75) is 46.1 Å². The van der Waals surface area contributed by atoms with E-state index in [1.165, 1.54) is 6.26 Å². The minimum absolute atomic E-state index is 0.103. The summed E-state index contributed by atoms with van der Waals surface area (Å²) in [6, 6.07) is 0. The molecule has 93 valence electrons. The van der Waals surface area contributed by atoms with Crippen LogP contribution in [0.25, 0.3) is 0 Å². The molecule has 0 atom stereocenters. The van der Waals surface area contributed by atoms with Crippen LogP contribution < -0.4 is 0 Å². The van der Waals surface area contributed by atoms with E-state index >= 15 is 0 Å². The van der Waals surface area contributed by atoms with Crippen LogP contribution in [0.2, 0.25) is 0 Å². The molecule has 0 fully saturated rings. The maximum absolute atomic E-state index is 11.2. The van der Waals surface area contributed by atoms with E-state index in [2.05, 4.69) is 18.6 Å². The van der Waals surface area contributed by atoms with Crippen molar-refractivity contribution in [1.29, 1.82) is 0 Å². The number of hydrogen-bond acceptors (Lipinski definition) is 4. The SMILES string of the molecule is [CH2]COC(=O)C(C)=COOC(C)(C)CCC. The van der Waals surface area contributed by atoms with E-state index in [1.807, 2.05) is 13.8 Å². The van der Waals surface area contributed by atoms with E-state index in [4.69, 9.17) is 9.78 Å². The summed E-state index contributed by atoms with van der Waals surface area (Å²) < 4.78 is 4.68. The largest absolute Gasteiger partial charge is 0.462 e. The third-order valence-corrected chi connectivity index (χ3v) is 1.91. The van der Waals surface area contributed by atoms with Gasteiger partial charge in [-0.3, -0.25) is 0 Å². The van der Waals surface area contributed by atoms with Gasteiger partial charge in [-0.1, -0.05) is 13.3 Å². The van der Waals surface area contributed by atoms with Crippen LogP contribution >= 0.6 is 0 Å². The molecule has 0 aliphatic rings. The minimum Gasteiger partial charge on any atom is -0.462 e. The fourth-order valence-corrected chi connectivity index (χ4v) is 1.12. The molecule has 0 aromatic rings. The average molecular weight is 229 g/mol. The van der Waals surface area contributed by atoms with Gasteiger partial charge in [0.2, 0.25) is 0 Å². The van der Waals surface area contributed by atoms with E-state index in [1.54, 1.807) is 6.92 Å². The number of esters is 1. The van der Waals surface area contributed by atoms with Crippen molar-refractivity contribution in [2.75, 3.05) is 6.61 Å². The van der Waals surface area contributed by atoms with Crippen molar-refractivity contribution in [3.63, 3.8) is 0 Å². The number of hydrogen-bond donors (Lipinski definition) is 0. The van der Waals surface area contributed by atoms with E-state index in [0.717, 1.165) is 12.8 Å². The highest BCUT2D eigenvalue weighted by Gasteiger charge is 2.18. The molecule has 0 unspecified atom stereocenters. The Morgan fingerprint density at radius 2 is 2.06 bits per heavy atom. The van der Waals surface area contributed by atoms with Crippen molar-refractivity contribution in [3.8, 4) is 0 Å². The summed E-state index contributed by atoms with van der Waals surface area (Å²) in [6.07, 6.45) is 3.13. The van der Waals surface area contributed by atoms with Gasteiger partial charge in [-0.25, -0.2) is 4.79 Å². The van der Waals surface area contributed by atoms with Gasteiger partial charge in [0, 0.05) is 0 Å². The number of carbonyl (C=O) groups excluding carboxylic acids is 1. The molecule has 4 heteroatoms. The molecular formula is C12H21O4. The Balaban J connectivity index is 4.03. The molecule has 0 aliphatic heterocycles. The van der Waals surface area contributed by atoms with Crippen molar-refractivity contribution < 1.29 is 19.3 Å². The Morgan fingerprint density at radius 1 is 1.44 bits per heavy atom. The minimum atomic E-state index is -0.452. The third-order valence-electron chi connectivity index (χ3n) is 1.91. The van der Waals surface area contributed by atoms with Crippen LogP contribution in [-0.4, -0.2) is 18.2 Å². The monoisotopic (exact) mass is 229 g/mol. The lowest BCUT2D eigenvalue weighted by molar-refractivity contribution is -0.318. The second-order valence-corrected chi connectivity index (χ2v) is 4.13. The van der Waals surface area contributed by atoms with Crippen LogP contribution in [0.3, 0.4) is 0 Å². The molecule has 0 saturated heterocycles. The zero-order valence-corrected chi connectivity index (χ0v) is 10.5. The Morgan fingerprint density at radius 3 is 2.56 bits per heavy atom. The van der Waals surface area contributed by atoms with Gasteiger partial charge in [0.1, 0.15) is 11.9 Å². The summed E-state index contributed by atoms with van der Waals surface area (Å²) in [4.78, 5) is 21.2. The zero-order chi connectivity index (χ0) is 12.6. The van der Waals surface area contributed by atoms with Crippen LogP contribution in [0.5, 0.6) is 0 Å². The van der Waals surface area contributed by atoms with E-state index in [0.29, 0.717) is 5.57 Å². The summed E-state index contributed by atoms with van der Waals surface area (Å²) >= 11 is 0. The van der Waals surface area contributed by atoms with Crippen molar-refractivity contribution in [1.82, 2.24) is 0 Å². The number of rotatable bonds is 7. The van der Waals surface area contributed by atoms with Crippen LogP contribution in [0, 0.1) is 6.92 Å². The molecule has 0 amide bonds. The van der Waals surface area contributed by atoms with Gasteiger partial charge in [0.25, 0.3) is 0 Å². The highest BCUT2D eigenvalue weighted by atomic mass is 17.2. The molecule has 0 heterocycles. The summed E-state index contributed by atoms with van der Waals surface area (Å²) in [5.41, 5.74) is -0.0159. The summed E-state index contributed by atoms with van der Waals surface area (Å²) in [6.45, 7) is 11.0. The second-order valence-electron chi connectivity index (χ2n) is 4.13. The first-order valence-electron chi connectivity index (χ1n) is 5.40. The first kappa shape index (κ1) is 15.0. The first-order valence-corrected chi connectivity index (χ1v) is 5.40. The Hall–Kier alpha value is -1.03. The Bertz CT molecular complexity index is 243. The summed E-state index contributed by atoms with van der Waals surface area (Å²) in [5.74, 6) is -0.452. The van der Waals surface area contributed by atoms with Crippen LogP contribution in [0.1, 0.15) is 40.5 Å². The average Bonchev–Trinajstić information content (AvgIpc) is 2.17. The van der Waals surface area contributed by atoms with Gasteiger partial charge < -0.3 is 9.62 Å². The molecule has 0 spiro atoms. The van der Waals surface area contributed by atoms with Crippen LogP contribution in [-0.2, 0) is 19.3 Å². The zero-order valence-electron chi connectivity index (χ0n) is 10.5. The van der Waals surface area contributed by atoms with E-state index in [9.17, 15) is 4.79 Å². The lowest BCUT2D eigenvalue weighted by Gasteiger charge is -2.21. The predicted molar refractivity (Wildman–Crippen MR) is 61.2 cm³/mol. The summed E-state index contributed by atoms with van der Waals surface area (Å²) in [5, 5.41) is 0. The lowest BCUT2D eigenvalue weighted by Crippen LogP contribution is -2.23. The maximum Gasteiger partial charge on any atom is 0.336 e.